The topological polar surface area (TPSA) is 66.6 Å². The highest BCUT2D eigenvalue weighted by molar-refractivity contribution is 5.95. The first-order valence-electron chi connectivity index (χ1n) is 9.06. The van der Waals surface area contributed by atoms with Crippen molar-refractivity contribution in [3.05, 3.63) is 29.8 Å². The second-order valence-corrected chi connectivity index (χ2v) is 6.99. The maximum absolute atomic E-state index is 12.5. The summed E-state index contributed by atoms with van der Waals surface area (Å²) < 4.78 is 0. The van der Waals surface area contributed by atoms with Crippen molar-refractivity contribution in [1.82, 2.24) is 9.80 Å². The van der Waals surface area contributed by atoms with Crippen molar-refractivity contribution in [2.24, 2.45) is 5.92 Å². The van der Waals surface area contributed by atoms with E-state index in [2.05, 4.69) is 0 Å². The van der Waals surface area contributed by atoms with E-state index >= 15 is 0 Å². The lowest BCUT2D eigenvalue weighted by Gasteiger charge is -2.35. The predicted octanol–water partition coefficient (Wildman–Crippen LogP) is 2.52. The molecule has 0 radical (unpaired) electrons. The molecule has 0 unspecified atom stereocenters. The largest absolute Gasteiger partial charge is 0.399 e. The van der Waals surface area contributed by atoms with E-state index in [1.165, 1.54) is 25.7 Å². The third-order valence-electron chi connectivity index (χ3n) is 5.29. The first-order valence-corrected chi connectivity index (χ1v) is 9.06. The van der Waals surface area contributed by atoms with Crippen molar-refractivity contribution in [3.8, 4) is 0 Å². The number of carbonyl (C=O) groups is 2. The van der Waals surface area contributed by atoms with Crippen LogP contribution in [0.3, 0.4) is 0 Å². The Kier molecular flexibility index (Phi) is 5.38. The number of benzene rings is 1. The van der Waals surface area contributed by atoms with Crippen molar-refractivity contribution >= 4 is 17.5 Å². The molecule has 0 bridgehead atoms. The standard InChI is InChI=1S/C19H27N3O2/c20-17-7-3-6-16(14-17)19(24)22-12-10-21(11-13-22)18(23)9-8-15-4-1-2-5-15/h3,6-7,14-15H,1-2,4-5,8-13,20H2. The highest BCUT2D eigenvalue weighted by atomic mass is 16.2. The van der Waals surface area contributed by atoms with Crippen molar-refractivity contribution in [3.63, 3.8) is 0 Å². The normalized spacial score (nSPS) is 18.8. The summed E-state index contributed by atoms with van der Waals surface area (Å²) in [7, 11) is 0. The van der Waals surface area contributed by atoms with Gasteiger partial charge in [0, 0.05) is 43.9 Å². The number of nitrogens with zero attached hydrogens (tertiary/aromatic N) is 2. The summed E-state index contributed by atoms with van der Waals surface area (Å²) in [4.78, 5) is 28.6. The van der Waals surface area contributed by atoms with Crippen LogP contribution in [0, 0.1) is 5.92 Å². The summed E-state index contributed by atoms with van der Waals surface area (Å²) in [5.74, 6) is 0.999. The van der Waals surface area contributed by atoms with Crippen LogP contribution >= 0.6 is 0 Å². The van der Waals surface area contributed by atoms with Gasteiger partial charge in [0.2, 0.25) is 5.91 Å². The first kappa shape index (κ1) is 16.8. The van der Waals surface area contributed by atoms with E-state index in [-0.39, 0.29) is 11.8 Å². The van der Waals surface area contributed by atoms with Gasteiger partial charge >= 0.3 is 0 Å². The number of nitrogen functional groups attached to an aromatic ring is 1. The van der Waals surface area contributed by atoms with E-state index < -0.39 is 0 Å². The Morgan fingerprint density at radius 3 is 2.38 bits per heavy atom. The zero-order valence-corrected chi connectivity index (χ0v) is 14.2. The van der Waals surface area contributed by atoms with Crippen LogP contribution in [0.1, 0.15) is 48.9 Å². The molecule has 0 atom stereocenters. The number of rotatable bonds is 4. The second-order valence-electron chi connectivity index (χ2n) is 6.99. The van der Waals surface area contributed by atoms with E-state index in [0.29, 0.717) is 43.9 Å². The summed E-state index contributed by atoms with van der Waals surface area (Å²) >= 11 is 0. The number of carbonyl (C=O) groups excluding carboxylic acids is 2. The molecule has 2 aliphatic rings. The van der Waals surface area contributed by atoms with Crippen LogP contribution in [0.5, 0.6) is 0 Å². The number of anilines is 1. The lowest BCUT2D eigenvalue weighted by Crippen LogP contribution is -2.50. The SMILES string of the molecule is Nc1cccc(C(=O)N2CCN(C(=O)CCC3CCCC3)CC2)c1. The highest BCUT2D eigenvalue weighted by Gasteiger charge is 2.25. The summed E-state index contributed by atoms with van der Waals surface area (Å²) in [6.45, 7) is 2.47. The third kappa shape index (κ3) is 4.08. The molecule has 1 heterocycles. The van der Waals surface area contributed by atoms with Crippen LogP contribution in [0.4, 0.5) is 5.69 Å². The van der Waals surface area contributed by atoms with Gasteiger partial charge in [-0.2, -0.15) is 0 Å². The van der Waals surface area contributed by atoms with E-state index in [1.54, 1.807) is 24.3 Å². The molecule has 3 rings (SSSR count). The molecule has 2 amide bonds. The predicted molar refractivity (Wildman–Crippen MR) is 94.5 cm³/mol. The number of hydrogen-bond donors (Lipinski definition) is 1. The molecule has 24 heavy (non-hydrogen) atoms. The lowest BCUT2D eigenvalue weighted by atomic mass is 10.0. The lowest BCUT2D eigenvalue weighted by molar-refractivity contribution is -0.133. The van der Waals surface area contributed by atoms with Gasteiger partial charge in [-0.15, -0.1) is 0 Å². The fourth-order valence-electron chi connectivity index (χ4n) is 3.80. The highest BCUT2D eigenvalue weighted by Crippen LogP contribution is 2.28. The molecule has 1 aromatic carbocycles. The minimum atomic E-state index is 0.000328. The fourth-order valence-corrected chi connectivity index (χ4v) is 3.80. The molecular weight excluding hydrogens is 302 g/mol. The van der Waals surface area contributed by atoms with Gasteiger partial charge in [0.1, 0.15) is 0 Å². The van der Waals surface area contributed by atoms with Gasteiger partial charge in [0.15, 0.2) is 0 Å². The quantitative estimate of drug-likeness (QED) is 0.863. The van der Waals surface area contributed by atoms with Crippen LogP contribution < -0.4 is 5.73 Å². The second kappa shape index (κ2) is 7.69. The summed E-state index contributed by atoms with van der Waals surface area (Å²) in [5.41, 5.74) is 6.97. The van der Waals surface area contributed by atoms with E-state index in [0.717, 1.165) is 12.3 Å². The average Bonchev–Trinajstić information content (AvgIpc) is 3.13. The Morgan fingerprint density at radius 2 is 1.71 bits per heavy atom. The minimum Gasteiger partial charge on any atom is -0.399 e. The molecule has 5 nitrogen and oxygen atoms in total. The smallest absolute Gasteiger partial charge is 0.254 e. The molecule has 1 saturated carbocycles. The van der Waals surface area contributed by atoms with Gasteiger partial charge in [-0.25, -0.2) is 0 Å². The average molecular weight is 329 g/mol. The Hall–Kier alpha value is -2.04. The molecule has 2 fully saturated rings. The molecule has 1 aliphatic carbocycles. The molecule has 0 aromatic heterocycles. The zero-order valence-electron chi connectivity index (χ0n) is 14.2. The molecule has 1 saturated heterocycles. The Balaban J connectivity index is 1.46. The monoisotopic (exact) mass is 329 g/mol. The van der Waals surface area contributed by atoms with Crippen LogP contribution in [-0.2, 0) is 4.79 Å². The number of nitrogens with two attached hydrogens (primary N) is 1. The van der Waals surface area contributed by atoms with Gasteiger partial charge in [0.05, 0.1) is 0 Å². The number of amides is 2. The molecule has 2 N–H and O–H groups in total. The van der Waals surface area contributed by atoms with Gasteiger partial charge in [-0.05, 0) is 30.5 Å². The minimum absolute atomic E-state index is 0.000328. The van der Waals surface area contributed by atoms with Gasteiger partial charge < -0.3 is 15.5 Å². The van der Waals surface area contributed by atoms with Crippen LogP contribution in [0.25, 0.3) is 0 Å². The van der Waals surface area contributed by atoms with Crippen molar-refractivity contribution in [2.75, 3.05) is 31.9 Å². The van der Waals surface area contributed by atoms with E-state index in [9.17, 15) is 9.59 Å². The third-order valence-corrected chi connectivity index (χ3v) is 5.29. The van der Waals surface area contributed by atoms with Gasteiger partial charge in [-0.3, -0.25) is 9.59 Å². The Bertz CT molecular complexity index is 588. The summed E-state index contributed by atoms with van der Waals surface area (Å²) in [5, 5.41) is 0. The molecule has 0 spiro atoms. The molecule has 5 heteroatoms. The van der Waals surface area contributed by atoms with Gasteiger partial charge in [-0.1, -0.05) is 31.7 Å². The summed E-state index contributed by atoms with van der Waals surface area (Å²) in [6.07, 6.45) is 6.91. The van der Waals surface area contributed by atoms with Crippen molar-refractivity contribution < 1.29 is 9.59 Å². The number of piperazine rings is 1. The first-order chi connectivity index (χ1) is 11.6. The molecule has 1 aromatic rings. The van der Waals surface area contributed by atoms with Crippen LogP contribution in [-0.4, -0.2) is 47.8 Å². The van der Waals surface area contributed by atoms with Crippen molar-refractivity contribution in [1.29, 1.82) is 0 Å². The molecule has 1 aliphatic heterocycles. The zero-order chi connectivity index (χ0) is 16.9. The molecule has 130 valence electrons. The van der Waals surface area contributed by atoms with Gasteiger partial charge in [0.25, 0.3) is 5.91 Å². The van der Waals surface area contributed by atoms with E-state index in [1.807, 2.05) is 9.80 Å². The number of hydrogen-bond acceptors (Lipinski definition) is 3. The Morgan fingerprint density at radius 1 is 1.04 bits per heavy atom. The van der Waals surface area contributed by atoms with Crippen LogP contribution in [0.2, 0.25) is 0 Å². The van der Waals surface area contributed by atoms with Crippen LogP contribution in [0.15, 0.2) is 24.3 Å². The maximum atomic E-state index is 12.5. The molecular formula is C19H27N3O2. The Labute approximate surface area is 143 Å². The van der Waals surface area contributed by atoms with E-state index in [4.69, 9.17) is 5.73 Å². The maximum Gasteiger partial charge on any atom is 0.254 e. The van der Waals surface area contributed by atoms with Crippen molar-refractivity contribution in [2.45, 2.75) is 38.5 Å². The fraction of sp³-hybridized carbons (Fsp3) is 0.579. The summed E-state index contributed by atoms with van der Waals surface area (Å²) in [6, 6.07) is 7.07.